The van der Waals surface area contributed by atoms with Crippen LogP contribution in [0.15, 0.2) is 64.2 Å². The van der Waals surface area contributed by atoms with Gasteiger partial charge in [0.05, 0.1) is 13.2 Å². The van der Waals surface area contributed by atoms with Crippen LogP contribution in [0.2, 0.25) is 0 Å². The highest BCUT2D eigenvalue weighted by Crippen LogP contribution is 2.31. The van der Waals surface area contributed by atoms with Gasteiger partial charge in [-0.05, 0) is 70.6 Å². The first-order valence-electron chi connectivity index (χ1n) is 14.4. The van der Waals surface area contributed by atoms with Gasteiger partial charge < -0.3 is 9.47 Å². The lowest BCUT2D eigenvalue weighted by atomic mass is 10.0. The summed E-state index contributed by atoms with van der Waals surface area (Å²) in [5, 5.41) is 4.52. The van der Waals surface area contributed by atoms with Crippen LogP contribution in [0.3, 0.4) is 0 Å². The average molecular weight is 562 g/mol. The maximum absolute atomic E-state index is 13.3. The van der Waals surface area contributed by atoms with Crippen molar-refractivity contribution >= 4 is 11.8 Å². The zero-order valence-electron chi connectivity index (χ0n) is 24.1. The third-order valence-electron chi connectivity index (χ3n) is 7.41. The first kappa shape index (κ1) is 30.0. The van der Waals surface area contributed by atoms with Gasteiger partial charge in [-0.25, -0.2) is 18.8 Å². The lowest BCUT2D eigenvalue weighted by Crippen LogP contribution is -2.45. The normalized spacial score (nSPS) is 13.7. The summed E-state index contributed by atoms with van der Waals surface area (Å²) in [5.74, 6) is -0.121. The summed E-state index contributed by atoms with van der Waals surface area (Å²) in [6, 6.07) is 16.3. The van der Waals surface area contributed by atoms with E-state index in [0.717, 1.165) is 48.7 Å². The zero-order chi connectivity index (χ0) is 29.4. The standard InChI is InChI=1S/C32H39N3O6/c1-4-40-30(38)32(2,3)41-26-19-12-14-23(21-26)13-10-11-20-35-31(39)34(22-27(36)24-15-6-5-7-16-24)29(37)28(33-35)25-17-8-9-18-25/h5-7,12,14-16,19,21,25H,4,8-11,13,17-18,20,22H2,1-3H3. The molecule has 1 aliphatic rings. The number of hydrogen-bond donors (Lipinski definition) is 0. The SMILES string of the molecule is CCOC(=O)C(C)(C)Oc1cccc(CCCCn2nc(C3CCCC3)c(=O)n(CC(=O)c3ccccc3)c2=O)c1. The highest BCUT2D eigenvalue weighted by Gasteiger charge is 2.31. The Morgan fingerprint density at radius 2 is 1.73 bits per heavy atom. The van der Waals surface area contributed by atoms with Crippen LogP contribution < -0.4 is 16.0 Å². The molecule has 0 aliphatic heterocycles. The van der Waals surface area contributed by atoms with E-state index in [-0.39, 0.29) is 24.9 Å². The molecule has 0 unspecified atom stereocenters. The van der Waals surface area contributed by atoms with Crippen LogP contribution in [0.4, 0.5) is 0 Å². The number of carbonyl (C=O) groups excluding carboxylic acids is 2. The van der Waals surface area contributed by atoms with Gasteiger partial charge in [0.1, 0.15) is 11.4 Å². The molecule has 41 heavy (non-hydrogen) atoms. The summed E-state index contributed by atoms with van der Waals surface area (Å²) in [4.78, 5) is 51.7. The van der Waals surface area contributed by atoms with Crippen molar-refractivity contribution in [1.29, 1.82) is 0 Å². The summed E-state index contributed by atoms with van der Waals surface area (Å²) in [7, 11) is 0. The van der Waals surface area contributed by atoms with Gasteiger partial charge in [0.15, 0.2) is 11.4 Å². The summed E-state index contributed by atoms with van der Waals surface area (Å²) in [6.45, 7) is 5.42. The molecule has 0 N–H and O–H groups in total. The predicted octanol–water partition coefficient (Wildman–Crippen LogP) is 4.69. The van der Waals surface area contributed by atoms with Gasteiger partial charge in [-0.3, -0.25) is 9.59 Å². The van der Waals surface area contributed by atoms with Crippen molar-refractivity contribution < 1.29 is 19.1 Å². The molecule has 0 spiro atoms. The molecule has 1 fully saturated rings. The van der Waals surface area contributed by atoms with Gasteiger partial charge in [-0.1, -0.05) is 55.3 Å². The number of ether oxygens (including phenoxy) is 2. The van der Waals surface area contributed by atoms with Crippen LogP contribution in [-0.2, 0) is 29.0 Å². The fourth-order valence-corrected chi connectivity index (χ4v) is 5.18. The van der Waals surface area contributed by atoms with Gasteiger partial charge >= 0.3 is 11.7 Å². The zero-order valence-corrected chi connectivity index (χ0v) is 24.1. The van der Waals surface area contributed by atoms with Crippen molar-refractivity contribution in [3.63, 3.8) is 0 Å². The molecule has 2 aromatic carbocycles. The number of esters is 1. The maximum atomic E-state index is 13.3. The van der Waals surface area contributed by atoms with Crippen molar-refractivity contribution in [3.05, 3.63) is 92.3 Å². The Morgan fingerprint density at radius 3 is 2.44 bits per heavy atom. The molecular formula is C32H39N3O6. The first-order chi connectivity index (χ1) is 19.7. The Labute approximate surface area is 240 Å². The Hall–Kier alpha value is -4.01. The van der Waals surface area contributed by atoms with Gasteiger partial charge in [0, 0.05) is 18.0 Å². The highest BCUT2D eigenvalue weighted by atomic mass is 16.6. The second-order valence-electron chi connectivity index (χ2n) is 11.0. The quantitative estimate of drug-likeness (QED) is 0.169. The second-order valence-corrected chi connectivity index (χ2v) is 11.0. The van der Waals surface area contributed by atoms with E-state index in [0.29, 0.717) is 30.0 Å². The highest BCUT2D eigenvalue weighted by molar-refractivity contribution is 5.95. The Morgan fingerprint density at radius 1 is 1.00 bits per heavy atom. The van der Waals surface area contributed by atoms with Gasteiger partial charge in [0.2, 0.25) is 0 Å². The van der Waals surface area contributed by atoms with Crippen LogP contribution in [0, 0.1) is 0 Å². The molecular weight excluding hydrogens is 522 g/mol. The minimum absolute atomic E-state index is 0.00836. The van der Waals surface area contributed by atoms with E-state index in [9.17, 15) is 19.2 Å². The number of rotatable bonds is 13. The number of aryl methyl sites for hydroxylation is 2. The number of ketones is 1. The number of unbranched alkanes of at least 4 members (excludes halogenated alkanes) is 1. The molecule has 1 heterocycles. The molecule has 0 bridgehead atoms. The van der Waals surface area contributed by atoms with Crippen LogP contribution in [-0.4, -0.2) is 38.3 Å². The smallest absolute Gasteiger partial charge is 0.349 e. The van der Waals surface area contributed by atoms with Crippen molar-refractivity contribution in [2.75, 3.05) is 6.61 Å². The van der Waals surface area contributed by atoms with Gasteiger partial charge in [-0.15, -0.1) is 0 Å². The molecule has 0 amide bonds. The molecule has 0 saturated heterocycles. The van der Waals surface area contributed by atoms with Gasteiger partial charge in [0.25, 0.3) is 5.56 Å². The molecule has 218 valence electrons. The van der Waals surface area contributed by atoms with E-state index in [1.807, 2.05) is 24.3 Å². The van der Waals surface area contributed by atoms with E-state index in [1.54, 1.807) is 51.1 Å². The average Bonchev–Trinajstić information content (AvgIpc) is 3.50. The molecule has 9 nitrogen and oxygen atoms in total. The van der Waals surface area contributed by atoms with Crippen LogP contribution in [0.5, 0.6) is 5.75 Å². The lowest BCUT2D eigenvalue weighted by Gasteiger charge is -2.24. The number of carbonyl (C=O) groups is 2. The van der Waals surface area contributed by atoms with Crippen LogP contribution in [0.25, 0.3) is 0 Å². The van der Waals surface area contributed by atoms with E-state index >= 15 is 0 Å². The van der Waals surface area contributed by atoms with Crippen LogP contribution in [0.1, 0.15) is 86.8 Å². The molecule has 4 rings (SSSR count). The Balaban J connectivity index is 1.45. The minimum Gasteiger partial charge on any atom is -0.476 e. The number of hydrogen-bond acceptors (Lipinski definition) is 7. The Bertz CT molecular complexity index is 1470. The summed E-state index contributed by atoms with van der Waals surface area (Å²) < 4.78 is 13.4. The summed E-state index contributed by atoms with van der Waals surface area (Å²) >= 11 is 0. The molecule has 3 aromatic rings. The third-order valence-corrected chi connectivity index (χ3v) is 7.41. The first-order valence-corrected chi connectivity index (χ1v) is 14.4. The fourth-order valence-electron chi connectivity index (χ4n) is 5.18. The fraction of sp³-hybridized carbons (Fsp3) is 0.469. The molecule has 0 atom stereocenters. The van der Waals surface area contributed by atoms with E-state index < -0.39 is 22.8 Å². The maximum Gasteiger partial charge on any atom is 0.349 e. The van der Waals surface area contributed by atoms with E-state index in [2.05, 4.69) is 5.10 Å². The van der Waals surface area contributed by atoms with Gasteiger partial charge in [-0.2, -0.15) is 5.10 Å². The largest absolute Gasteiger partial charge is 0.476 e. The summed E-state index contributed by atoms with van der Waals surface area (Å²) in [5.41, 5.74) is -0.239. The molecule has 1 aromatic heterocycles. The number of Topliss-reactive ketones (excluding diaryl/α,β-unsaturated/α-hetero) is 1. The second kappa shape index (κ2) is 13.6. The van der Waals surface area contributed by atoms with Crippen molar-refractivity contribution in [3.8, 4) is 5.75 Å². The Kier molecular flexibility index (Phi) is 9.91. The van der Waals surface area contributed by atoms with Crippen molar-refractivity contribution in [2.24, 2.45) is 0 Å². The molecule has 1 aliphatic carbocycles. The van der Waals surface area contributed by atoms with E-state index in [1.165, 1.54) is 4.68 Å². The van der Waals surface area contributed by atoms with Crippen molar-refractivity contribution in [2.45, 2.75) is 90.3 Å². The molecule has 0 radical (unpaired) electrons. The molecule has 1 saturated carbocycles. The van der Waals surface area contributed by atoms with Crippen LogP contribution >= 0.6 is 0 Å². The third kappa shape index (κ3) is 7.60. The number of benzene rings is 2. The van der Waals surface area contributed by atoms with Crippen molar-refractivity contribution in [1.82, 2.24) is 14.3 Å². The number of aromatic nitrogens is 3. The topological polar surface area (TPSA) is 109 Å². The lowest BCUT2D eigenvalue weighted by molar-refractivity contribution is -0.158. The number of nitrogens with zero attached hydrogens (tertiary/aromatic N) is 3. The molecule has 9 heteroatoms. The monoisotopic (exact) mass is 561 g/mol. The predicted molar refractivity (Wildman–Crippen MR) is 155 cm³/mol. The minimum atomic E-state index is -1.11. The van der Waals surface area contributed by atoms with E-state index in [4.69, 9.17) is 9.47 Å². The summed E-state index contributed by atoms with van der Waals surface area (Å²) in [6.07, 6.45) is 5.91.